The third-order valence-electron chi connectivity index (χ3n) is 8.38. The molecule has 14 heteroatoms. The molecule has 0 spiro atoms. The summed E-state index contributed by atoms with van der Waals surface area (Å²) in [6.07, 6.45) is 0. The molecule has 5 rings (SSSR count). The van der Waals surface area contributed by atoms with Gasteiger partial charge in [-0.2, -0.15) is 0 Å². The number of nitrogens with zero attached hydrogens (tertiary/aromatic N) is 2. The fraction of sp³-hybridized carbons (Fsp3) is 0.189. The molecule has 51 heavy (non-hydrogen) atoms. The smallest absolute Gasteiger partial charge is 0.206 e. The van der Waals surface area contributed by atoms with Crippen LogP contribution in [-0.2, 0) is 40.1 Å². The van der Waals surface area contributed by atoms with Gasteiger partial charge in [0, 0.05) is 0 Å². The highest BCUT2D eigenvalue weighted by molar-refractivity contribution is 8.04. The van der Waals surface area contributed by atoms with Crippen molar-refractivity contribution < 1.29 is 33.7 Å². The molecule has 2 atom stereocenters. The van der Waals surface area contributed by atoms with Crippen molar-refractivity contribution in [3.05, 3.63) is 155 Å². The van der Waals surface area contributed by atoms with Crippen molar-refractivity contribution in [1.82, 2.24) is 7.42 Å². The minimum atomic E-state index is -5.06. The summed E-state index contributed by atoms with van der Waals surface area (Å²) >= 11 is 0. The SMILES string of the molecule is Cc1ccc(S(=O)(=O)N(C(C)C(c2ccccc2)N(S(=O)(=O)c2ccc(C)cc2)S(=O)(=O)c2ccc(C)cc2)S(=O)(=O)c2ccc(C)cc2)cc1. The molecule has 0 aliphatic heterocycles. The molecule has 0 fully saturated rings. The molecular formula is C37H38N2O8S4. The first-order valence-electron chi connectivity index (χ1n) is 15.8. The number of rotatable bonds is 12. The number of benzene rings is 5. The number of hydrogen-bond acceptors (Lipinski definition) is 8. The highest BCUT2D eigenvalue weighted by Crippen LogP contribution is 2.41. The second kappa shape index (κ2) is 14.4. The van der Waals surface area contributed by atoms with Crippen LogP contribution in [0.2, 0.25) is 0 Å². The van der Waals surface area contributed by atoms with Gasteiger partial charge in [0.2, 0.25) is 0 Å². The van der Waals surface area contributed by atoms with Crippen molar-refractivity contribution in [3.8, 4) is 0 Å². The van der Waals surface area contributed by atoms with Crippen LogP contribution in [0.25, 0.3) is 0 Å². The Bertz CT molecular complexity index is 2300. The van der Waals surface area contributed by atoms with Crippen molar-refractivity contribution in [2.75, 3.05) is 0 Å². The van der Waals surface area contributed by atoms with Crippen LogP contribution in [0.1, 0.15) is 40.8 Å². The van der Waals surface area contributed by atoms with Crippen molar-refractivity contribution in [2.24, 2.45) is 0 Å². The van der Waals surface area contributed by atoms with E-state index in [0.29, 0.717) is 22.3 Å². The lowest BCUT2D eigenvalue weighted by Crippen LogP contribution is -2.52. The standard InChI is InChI=1S/C37H38N2O8S4/c1-27-11-19-33(20-12-27)48(40,41)38(49(42,43)34-21-13-28(2)14-22-34)31(5)37(32-9-7-6-8-10-32)39(50(44,45)35-23-15-29(3)16-24-35)51(46,47)36-25-17-30(4)18-26-36/h6-26,31,37H,1-5H3. The van der Waals surface area contributed by atoms with E-state index in [9.17, 15) is 33.7 Å². The van der Waals surface area contributed by atoms with Gasteiger partial charge in [-0.15, -0.1) is 0 Å². The topological polar surface area (TPSA) is 143 Å². The van der Waals surface area contributed by atoms with Crippen LogP contribution >= 0.6 is 0 Å². The first-order valence-corrected chi connectivity index (χ1v) is 21.6. The van der Waals surface area contributed by atoms with E-state index in [1.54, 1.807) is 33.8 Å². The lowest BCUT2D eigenvalue weighted by atomic mass is 10.0. The summed E-state index contributed by atoms with van der Waals surface area (Å²) in [6, 6.07) is 25.7. The van der Waals surface area contributed by atoms with E-state index >= 15 is 0 Å². The summed E-state index contributed by atoms with van der Waals surface area (Å²) in [5.41, 5.74) is 2.84. The Kier molecular flexibility index (Phi) is 10.8. The Hall–Kier alpha value is -4.18. The molecule has 10 nitrogen and oxygen atoms in total. The molecule has 0 saturated carbocycles. The van der Waals surface area contributed by atoms with Crippen LogP contribution in [0.4, 0.5) is 0 Å². The third-order valence-corrected chi connectivity index (χ3v) is 17.2. The summed E-state index contributed by atoms with van der Waals surface area (Å²) in [5, 5.41) is 0. The normalized spacial score (nSPS) is 14.0. The van der Waals surface area contributed by atoms with Crippen LogP contribution in [0.5, 0.6) is 0 Å². The molecule has 0 aliphatic carbocycles. The molecule has 0 aliphatic rings. The van der Waals surface area contributed by atoms with E-state index in [-0.39, 0.29) is 13.0 Å². The van der Waals surface area contributed by atoms with E-state index < -0.39 is 71.8 Å². The minimum absolute atomic E-state index is 0.0274. The Labute approximate surface area is 301 Å². The number of hydrogen-bond donors (Lipinski definition) is 0. The van der Waals surface area contributed by atoms with E-state index in [1.807, 2.05) is 0 Å². The molecule has 0 bridgehead atoms. The average Bonchev–Trinajstić information content (AvgIpc) is 3.08. The highest BCUT2D eigenvalue weighted by Gasteiger charge is 2.51. The molecule has 0 saturated heterocycles. The Morgan fingerprint density at radius 1 is 0.373 bits per heavy atom. The number of aryl methyl sites for hydroxylation is 4. The van der Waals surface area contributed by atoms with Crippen LogP contribution in [0.3, 0.4) is 0 Å². The molecular weight excluding hydrogens is 729 g/mol. The van der Waals surface area contributed by atoms with Crippen molar-refractivity contribution in [3.63, 3.8) is 0 Å². The first-order chi connectivity index (χ1) is 23.9. The molecule has 0 amide bonds. The largest absolute Gasteiger partial charge is 0.257 e. The fourth-order valence-corrected chi connectivity index (χ4v) is 13.7. The predicted molar refractivity (Wildman–Crippen MR) is 196 cm³/mol. The van der Waals surface area contributed by atoms with Gasteiger partial charge < -0.3 is 0 Å². The third kappa shape index (κ3) is 7.57. The van der Waals surface area contributed by atoms with Crippen LogP contribution in [-0.4, -0.2) is 47.1 Å². The molecule has 0 N–H and O–H groups in total. The second-order valence-corrected chi connectivity index (χ2v) is 20.0. The Morgan fingerprint density at radius 3 is 0.902 bits per heavy atom. The van der Waals surface area contributed by atoms with Gasteiger partial charge in [0.1, 0.15) is 0 Å². The van der Waals surface area contributed by atoms with Crippen LogP contribution in [0.15, 0.2) is 147 Å². The Morgan fingerprint density at radius 2 is 0.627 bits per heavy atom. The van der Waals surface area contributed by atoms with Gasteiger partial charge in [-0.25, -0.2) is 33.7 Å². The van der Waals surface area contributed by atoms with Crippen molar-refractivity contribution in [2.45, 2.75) is 66.3 Å². The predicted octanol–water partition coefficient (Wildman–Crippen LogP) is 6.51. The summed E-state index contributed by atoms with van der Waals surface area (Å²) in [4.78, 5) is -1.58. The van der Waals surface area contributed by atoms with E-state index in [2.05, 4.69) is 0 Å². The lowest BCUT2D eigenvalue weighted by molar-refractivity contribution is 0.312. The maximum Gasteiger partial charge on any atom is 0.257 e. The summed E-state index contributed by atoms with van der Waals surface area (Å²) < 4.78 is 118. The molecule has 2 unspecified atom stereocenters. The molecule has 5 aromatic rings. The zero-order valence-corrected chi connectivity index (χ0v) is 31.8. The van der Waals surface area contributed by atoms with Crippen LogP contribution in [0, 0.1) is 27.7 Å². The van der Waals surface area contributed by atoms with Gasteiger partial charge in [-0.1, -0.05) is 109 Å². The zero-order chi connectivity index (χ0) is 37.4. The zero-order valence-electron chi connectivity index (χ0n) is 28.6. The molecule has 5 aromatic carbocycles. The highest BCUT2D eigenvalue weighted by atomic mass is 32.3. The monoisotopic (exact) mass is 766 g/mol. The lowest BCUT2D eigenvalue weighted by Gasteiger charge is -2.38. The molecule has 0 radical (unpaired) electrons. The van der Waals surface area contributed by atoms with E-state index in [4.69, 9.17) is 0 Å². The molecule has 0 heterocycles. The van der Waals surface area contributed by atoms with Gasteiger partial charge in [-0.05, 0) is 88.7 Å². The maximum atomic E-state index is 14.8. The van der Waals surface area contributed by atoms with E-state index in [0.717, 1.165) is 0 Å². The van der Waals surface area contributed by atoms with Gasteiger partial charge in [0.25, 0.3) is 40.1 Å². The molecule has 268 valence electrons. The van der Waals surface area contributed by atoms with Gasteiger partial charge in [0.05, 0.1) is 31.7 Å². The van der Waals surface area contributed by atoms with Crippen molar-refractivity contribution in [1.29, 1.82) is 0 Å². The average molecular weight is 767 g/mol. The first kappa shape index (κ1) is 38.1. The summed E-state index contributed by atoms with van der Waals surface area (Å²) in [6.45, 7) is 8.12. The minimum Gasteiger partial charge on any atom is -0.206 e. The van der Waals surface area contributed by atoms with E-state index in [1.165, 1.54) is 128 Å². The molecule has 0 aromatic heterocycles. The van der Waals surface area contributed by atoms with Crippen LogP contribution < -0.4 is 0 Å². The summed E-state index contributed by atoms with van der Waals surface area (Å²) in [5.74, 6) is 0. The van der Waals surface area contributed by atoms with Gasteiger partial charge in [0.15, 0.2) is 0 Å². The van der Waals surface area contributed by atoms with Gasteiger partial charge >= 0.3 is 0 Å². The van der Waals surface area contributed by atoms with Crippen molar-refractivity contribution >= 4 is 40.1 Å². The second-order valence-electron chi connectivity index (χ2n) is 12.3. The Balaban J connectivity index is 1.88. The number of sulfonamides is 4. The maximum absolute atomic E-state index is 14.8. The summed E-state index contributed by atoms with van der Waals surface area (Å²) in [7, 11) is -20.2. The fourth-order valence-electron chi connectivity index (χ4n) is 5.59. The van der Waals surface area contributed by atoms with Gasteiger partial charge in [-0.3, -0.25) is 0 Å². The quantitative estimate of drug-likeness (QED) is 0.140.